The number of benzene rings is 2. The largest absolute Gasteiger partial charge is 0.503 e. The molecule has 10 heteroatoms. The highest BCUT2D eigenvalue weighted by molar-refractivity contribution is 7.15. The molecule has 0 aliphatic carbocycles. The first kappa shape index (κ1) is 22.8. The van der Waals surface area contributed by atoms with E-state index in [1.807, 2.05) is 0 Å². The van der Waals surface area contributed by atoms with Crippen LogP contribution in [0.2, 0.25) is 5.02 Å². The van der Waals surface area contributed by atoms with E-state index in [-0.39, 0.29) is 34.5 Å². The Kier molecular flexibility index (Phi) is 6.35. The quantitative estimate of drug-likeness (QED) is 0.451. The molecule has 1 amide bonds. The number of carbonyl (C=O) groups is 1. The Labute approximate surface area is 196 Å². The zero-order chi connectivity index (χ0) is 23.7. The number of aromatic hydroxyl groups is 1. The Morgan fingerprint density at radius 3 is 2.85 bits per heavy atom. The second-order valence-corrected chi connectivity index (χ2v) is 8.66. The van der Waals surface area contributed by atoms with Crippen LogP contribution in [-0.2, 0) is 0 Å². The maximum atomic E-state index is 12.9. The lowest BCUT2D eigenvalue weighted by molar-refractivity contribution is 0.0786. The van der Waals surface area contributed by atoms with Gasteiger partial charge < -0.3 is 14.7 Å². The minimum absolute atomic E-state index is 0.0141. The summed E-state index contributed by atoms with van der Waals surface area (Å²) in [6.07, 6.45) is 3.26. The van der Waals surface area contributed by atoms with Gasteiger partial charge in [-0.1, -0.05) is 35.1 Å². The monoisotopic (exact) mass is 487 g/mol. The molecule has 4 aromatic rings. The molecule has 4 rings (SSSR count). The number of ether oxygens (including phenoxy) is 1. The highest BCUT2D eigenvalue weighted by Gasteiger charge is 2.15. The number of phenolic OH excluding ortho intramolecular Hbond substituents is 1. The highest BCUT2D eigenvalue weighted by Crippen LogP contribution is 2.35. The van der Waals surface area contributed by atoms with Crippen LogP contribution in [0.4, 0.5) is 4.39 Å². The summed E-state index contributed by atoms with van der Waals surface area (Å²) in [7, 11) is 2.95. The SMILES string of the molecule is COc1cc(C=c2sc3nc(-c4cccc(C(=O)N(C)CCF)c4)cn3c2=O)cc(Cl)c1O. The van der Waals surface area contributed by atoms with E-state index in [2.05, 4.69) is 4.98 Å². The van der Waals surface area contributed by atoms with Gasteiger partial charge in [0.2, 0.25) is 0 Å². The van der Waals surface area contributed by atoms with Crippen LogP contribution in [0.25, 0.3) is 22.3 Å². The van der Waals surface area contributed by atoms with E-state index in [9.17, 15) is 19.1 Å². The van der Waals surface area contributed by atoms with Gasteiger partial charge in [-0.25, -0.2) is 9.37 Å². The number of hydrogen-bond acceptors (Lipinski definition) is 6. The zero-order valence-corrected chi connectivity index (χ0v) is 19.3. The molecule has 7 nitrogen and oxygen atoms in total. The summed E-state index contributed by atoms with van der Waals surface area (Å²) in [5, 5.41) is 10.0. The van der Waals surface area contributed by atoms with E-state index in [0.717, 1.165) is 0 Å². The van der Waals surface area contributed by atoms with E-state index >= 15 is 0 Å². The molecule has 0 unspecified atom stereocenters. The molecular weight excluding hydrogens is 469 g/mol. The van der Waals surface area contributed by atoms with E-state index in [1.54, 1.807) is 49.7 Å². The third-order valence-electron chi connectivity index (χ3n) is 5.04. The average molecular weight is 488 g/mol. The van der Waals surface area contributed by atoms with Crippen molar-refractivity contribution in [3.05, 3.63) is 73.6 Å². The molecule has 2 aromatic heterocycles. The minimum Gasteiger partial charge on any atom is -0.503 e. The van der Waals surface area contributed by atoms with Gasteiger partial charge in [0.05, 0.1) is 22.4 Å². The van der Waals surface area contributed by atoms with E-state index in [4.69, 9.17) is 16.3 Å². The fourth-order valence-corrected chi connectivity index (χ4v) is 4.49. The summed E-state index contributed by atoms with van der Waals surface area (Å²) in [5.41, 5.74) is 1.97. The van der Waals surface area contributed by atoms with Crippen LogP contribution in [0.15, 0.2) is 47.4 Å². The summed E-state index contributed by atoms with van der Waals surface area (Å²) in [5.74, 6) is -0.253. The first-order valence-electron chi connectivity index (χ1n) is 9.84. The molecule has 0 aliphatic heterocycles. The predicted octanol–water partition coefficient (Wildman–Crippen LogP) is 3.38. The maximum absolute atomic E-state index is 12.9. The molecule has 0 atom stereocenters. The zero-order valence-electron chi connectivity index (χ0n) is 17.7. The van der Waals surface area contributed by atoms with Crippen molar-refractivity contribution in [1.82, 2.24) is 14.3 Å². The molecule has 0 fully saturated rings. The van der Waals surface area contributed by atoms with Crippen molar-refractivity contribution >= 4 is 39.9 Å². The molecule has 0 saturated carbocycles. The summed E-state index contributed by atoms with van der Waals surface area (Å²) in [6.45, 7) is -0.603. The Hall–Kier alpha value is -3.43. The van der Waals surface area contributed by atoms with Crippen LogP contribution in [0.3, 0.4) is 0 Å². The number of methoxy groups -OCH3 is 1. The van der Waals surface area contributed by atoms with Gasteiger partial charge in [-0.05, 0) is 35.9 Å². The van der Waals surface area contributed by atoms with Gasteiger partial charge in [0.15, 0.2) is 16.5 Å². The van der Waals surface area contributed by atoms with Gasteiger partial charge in [0.25, 0.3) is 11.5 Å². The van der Waals surface area contributed by atoms with Gasteiger partial charge >= 0.3 is 0 Å². The number of nitrogens with zero attached hydrogens (tertiary/aromatic N) is 3. The van der Waals surface area contributed by atoms with Crippen LogP contribution in [0, 0.1) is 0 Å². The highest BCUT2D eigenvalue weighted by atomic mass is 35.5. The van der Waals surface area contributed by atoms with Crippen molar-refractivity contribution in [1.29, 1.82) is 0 Å². The lowest BCUT2D eigenvalue weighted by Crippen LogP contribution is -2.28. The summed E-state index contributed by atoms with van der Waals surface area (Å²) >= 11 is 7.23. The van der Waals surface area contributed by atoms with Gasteiger partial charge in [-0.2, -0.15) is 0 Å². The molecule has 0 radical (unpaired) electrons. The number of thiazole rings is 1. The molecule has 0 bridgehead atoms. The summed E-state index contributed by atoms with van der Waals surface area (Å²) in [6, 6.07) is 9.96. The summed E-state index contributed by atoms with van der Waals surface area (Å²) in [4.78, 5) is 31.7. The van der Waals surface area contributed by atoms with Gasteiger partial charge in [-0.15, -0.1) is 0 Å². The molecular formula is C23H19ClFN3O4S. The third-order valence-corrected chi connectivity index (χ3v) is 6.32. The van der Waals surface area contributed by atoms with Gasteiger partial charge in [0.1, 0.15) is 6.67 Å². The number of alkyl halides is 1. The molecule has 0 saturated heterocycles. The number of phenols is 1. The number of aromatic nitrogens is 2. The Bertz CT molecular complexity index is 1470. The van der Waals surface area contributed by atoms with Gasteiger partial charge in [-0.3, -0.25) is 14.0 Å². The number of halogens is 2. The van der Waals surface area contributed by atoms with Crippen LogP contribution >= 0.6 is 22.9 Å². The lowest BCUT2D eigenvalue weighted by Gasteiger charge is -2.15. The Morgan fingerprint density at radius 2 is 2.15 bits per heavy atom. The van der Waals surface area contributed by atoms with Crippen molar-refractivity contribution in [3.63, 3.8) is 0 Å². The number of fused-ring (bicyclic) bond motifs is 1. The topological polar surface area (TPSA) is 84.1 Å². The fraction of sp³-hybridized carbons (Fsp3) is 0.174. The standard InChI is InChI=1S/C23H19ClFN3O4S/c1-27(7-6-25)21(30)15-5-3-4-14(11-15)17-12-28-22(31)19(33-23(28)26-17)10-13-8-16(24)20(29)18(9-13)32-2/h3-5,8-12,29H,6-7H2,1-2H3. The minimum atomic E-state index is -0.617. The normalized spacial score (nSPS) is 11.8. The van der Waals surface area contributed by atoms with Crippen LogP contribution < -0.4 is 14.8 Å². The van der Waals surface area contributed by atoms with Crippen LogP contribution in [-0.4, -0.2) is 52.7 Å². The van der Waals surface area contributed by atoms with Crippen molar-refractivity contribution in [3.8, 4) is 22.8 Å². The first-order valence-corrected chi connectivity index (χ1v) is 11.0. The molecule has 0 aliphatic rings. The second-order valence-electron chi connectivity index (χ2n) is 7.24. The molecule has 1 N–H and O–H groups in total. The lowest BCUT2D eigenvalue weighted by atomic mass is 10.1. The Balaban J connectivity index is 1.71. The first-order chi connectivity index (χ1) is 15.8. The van der Waals surface area contributed by atoms with Crippen LogP contribution in [0.5, 0.6) is 11.5 Å². The smallest absolute Gasteiger partial charge is 0.274 e. The number of amides is 1. The summed E-state index contributed by atoms with van der Waals surface area (Å²) < 4.78 is 19.5. The maximum Gasteiger partial charge on any atom is 0.274 e. The number of hydrogen-bond donors (Lipinski definition) is 1. The molecule has 33 heavy (non-hydrogen) atoms. The number of rotatable bonds is 6. The number of imidazole rings is 1. The molecule has 2 heterocycles. The van der Waals surface area contributed by atoms with Crippen molar-refractivity contribution in [2.75, 3.05) is 27.4 Å². The average Bonchev–Trinajstić information content (AvgIpc) is 3.35. The van der Waals surface area contributed by atoms with Crippen molar-refractivity contribution < 1.29 is 19.0 Å². The predicted molar refractivity (Wildman–Crippen MR) is 126 cm³/mol. The van der Waals surface area contributed by atoms with Crippen molar-refractivity contribution in [2.45, 2.75) is 0 Å². The van der Waals surface area contributed by atoms with E-state index in [1.165, 1.54) is 33.8 Å². The van der Waals surface area contributed by atoms with Crippen LogP contribution in [0.1, 0.15) is 15.9 Å². The Morgan fingerprint density at radius 1 is 1.36 bits per heavy atom. The molecule has 170 valence electrons. The molecule has 0 spiro atoms. The van der Waals surface area contributed by atoms with E-state index in [0.29, 0.717) is 31.9 Å². The van der Waals surface area contributed by atoms with E-state index < -0.39 is 6.67 Å². The fourth-order valence-electron chi connectivity index (χ4n) is 3.32. The third kappa shape index (κ3) is 4.42. The number of carbonyl (C=O) groups excluding carboxylic acids is 1. The second kappa shape index (κ2) is 9.21. The molecule has 2 aromatic carbocycles. The van der Waals surface area contributed by atoms with Crippen molar-refractivity contribution in [2.24, 2.45) is 0 Å². The van der Waals surface area contributed by atoms with Gasteiger partial charge in [0, 0.05) is 30.9 Å².